The Balaban J connectivity index is 2.36. The van der Waals surface area contributed by atoms with Gasteiger partial charge >= 0.3 is 0 Å². The number of nitrogens with zero attached hydrogens (tertiary/aromatic N) is 2. The Bertz CT molecular complexity index is 603. The summed E-state index contributed by atoms with van der Waals surface area (Å²) in [6, 6.07) is 10.6. The van der Waals surface area contributed by atoms with Crippen molar-refractivity contribution in [1.82, 2.24) is 9.78 Å². The van der Waals surface area contributed by atoms with Crippen molar-refractivity contribution in [1.29, 1.82) is 0 Å². The number of benzene rings is 1. The second-order valence-corrected chi connectivity index (χ2v) is 4.44. The normalized spacial score (nSPS) is 12.2. The molecule has 19 heavy (non-hydrogen) atoms. The first-order valence-corrected chi connectivity index (χ1v) is 6.08. The van der Waals surface area contributed by atoms with Crippen molar-refractivity contribution in [3.8, 4) is 17.0 Å². The summed E-state index contributed by atoms with van der Waals surface area (Å²) in [7, 11) is 1.62. The van der Waals surface area contributed by atoms with Crippen molar-refractivity contribution in [3.63, 3.8) is 0 Å². The smallest absolute Gasteiger partial charge is 0.266 e. The fraction of sp³-hybridized carbons (Fsp3) is 0.286. The monoisotopic (exact) mass is 259 g/mol. The molecule has 0 amide bonds. The van der Waals surface area contributed by atoms with Gasteiger partial charge in [-0.2, -0.15) is 5.10 Å². The summed E-state index contributed by atoms with van der Waals surface area (Å²) in [6.45, 7) is 2.25. The molecule has 5 nitrogen and oxygen atoms in total. The van der Waals surface area contributed by atoms with E-state index >= 15 is 0 Å². The number of ether oxygens (including phenoxy) is 1. The Morgan fingerprint density at radius 1 is 1.26 bits per heavy atom. The summed E-state index contributed by atoms with van der Waals surface area (Å²) in [4.78, 5) is 11.7. The molecule has 0 saturated heterocycles. The minimum absolute atomic E-state index is 0.115. The maximum atomic E-state index is 11.7. The molecule has 1 atom stereocenters. The van der Waals surface area contributed by atoms with Crippen molar-refractivity contribution < 1.29 is 4.74 Å². The van der Waals surface area contributed by atoms with Gasteiger partial charge in [-0.25, -0.2) is 4.68 Å². The lowest BCUT2D eigenvalue weighted by atomic mass is 10.1. The molecule has 2 aromatic rings. The van der Waals surface area contributed by atoms with Gasteiger partial charge in [-0.05, 0) is 37.3 Å². The third kappa shape index (κ3) is 3.20. The highest BCUT2D eigenvalue weighted by atomic mass is 16.5. The first-order valence-electron chi connectivity index (χ1n) is 6.08. The van der Waals surface area contributed by atoms with Gasteiger partial charge in [0.05, 0.1) is 19.3 Å². The number of nitrogens with two attached hydrogens (primary N) is 1. The minimum Gasteiger partial charge on any atom is -0.497 e. The van der Waals surface area contributed by atoms with Crippen LogP contribution in [0.15, 0.2) is 41.2 Å². The van der Waals surface area contributed by atoms with Crippen LogP contribution in [0.4, 0.5) is 0 Å². The van der Waals surface area contributed by atoms with Crippen LogP contribution in [-0.2, 0) is 6.54 Å². The molecule has 2 rings (SSSR count). The van der Waals surface area contributed by atoms with Crippen LogP contribution in [0.2, 0.25) is 0 Å². The van der Waals surface area contributed by atoms with E-state index in [1.807, 2.05) is 31.2 Å². The van der Waals surface area contributed by atoms with E-state index in [1.54, 1.807) is 13.2 Å². The van der Waals surface area contributed by atoms with E-state index in [2.05, 4.69) is 5.10 Å². The number of rotatable bonds is 4. The summed E-state index contributed by atoms with van der Waals surface area (Å²) in [6.07, 6.45) is 0. The van der Waals surface area contributed by atoms with Crippen LogP contribution >= 0.6 is 0 Å². The Labute approximate surface area is 111 Å². The maximum Gasteiger partial charge on any atom is 0.266 e. The molecule has 0 saturated carbocycles. The summed E-state index contributed by atoms with van der Waals surface area (Å²) < 4.78 is 6.50. The van der Waals surface area contributed by atoms with Crippen LogP contribution in [0.3, 0.4) is 0 Å². The van der Waals surface area contributed by atoms with Crippen LogP contribution in [0, 0.1) is 0 Å². The molecule has 1 heterocycles. The van der Waals surface area contributed by atoms with E-state index in [1.165, 1.54) is 10.7 Å². The van der Waals surface area contributed by atoms with E-state index in [9.17, 15) is 4.79 Å². The van der Waals surface area contributed by atoms with Gasteiger partial charge in [-0.15, -0.1) is 0 Å². The first-order chi connectivity index (χ1) is 9.10. The second-order valence-electron chi connectivity index (χ2n) is 4.44. The zero-order valence-corrected chi connectivity index (χ0v) is 11.0. The van der Waals surface area contributed by atoms with Gasteiger partial charge in [0, 0.05) is 17.7 Å². The zero-order valence-electron chi connectivity index (χ0n) is 11.0. The lowest BCUT2D eigenvalue weighted by Gasteiger charge is -2.09. The van der Waals surface area contributed by atoms with Gasteiger partial charge in [0.1, 0.15) is 5.75 Å². The molecule has 1 aromatic heterocycles. The molecule has 100 valence electrons. The predicted octanol–water partition coefficient (Wildman–Crippen LogP) is 1.27. The van der Waals surface area contributed by atoms with Crippen LogP contribution < -0.4 is 16.0 Å². The average molecular weight is 259 g/mol. The quantitative estimate of drug-likeness (QED) is 0.897. The van der Waals surface area contributed by atoms with Crippen molar-refractivity contribution in [2.45, 2.75) is 19.5 Å². The maximum absolute atomic E-state index is 11.7. The van der Waals surface area contributed by atoms with E-state index in [0.717, 1.165) is 17.0 Å². The van der Waals surface area contributed by atoms with Crippen LogP contribution in [0.5, 0.6) is 5.75 Å². The van der Waals surface area contributed by atoms with Gasteiger partial charge < -0.3 is 10.5 Å². The summed E-state index contributed by atoms with van der Waals surface area (Å²) in [5.74, 6) is 0.785. The molecule has 5 heteroatoms. The average Bonchev–Trinajstić information content (AvgIpc) is 2.41. The first kappa shape index (κ1) is 13.3. The fourth-order valence-electron chi connectivity index (χ4n) is 1.77. The van der Waals surface area contributed by atoms with Crippen molar-refractivity contribution in [2.75, 3.05) is 7.11 Å². The van der Waals surface area contributed by atoms with E-state index in [4.69, 9.17) is 10.5 Å². The largest absolute Gasteiger partial charge is 0.497 e. The summed E-state index contributed by atoms with van der Waals surface area (Å²) in [5, 5.41) is 4.32. The molecule has 0 bridgehead atoms. The molecule has 0 aliphatic rings. The topological polar surface area (TPSA) is 70.1 Å². The molecule has 0 spiro atoms. The van der Waals surface area contributed by atoms with E-state index in [0.29, 0.717) is 6.54 Å². The molecule has 0 aliphatic heterocycles. The Kier molecular flexibility index (Phi) is 3.97. The van der Waals surface area contributed by atoms with Crippen LogP contribution in [0.1, 0.15) is 6.92 Å². The zero-order chi connectivity index (χ0) is 13.8. The molecule has 0 fully saturated rings. The molecule has 0 radical (unpaired) electrons. The van der Waals surface area contributed by atoms with Crippen molar-refractivity contribution in [2.24, 2.45) is 5.73 Å². The van der Waals surface area contributed by atoms with Gasteiger partial charge in [0.25, 0.3) is 5.56 Å². The molecule has 2 N–H and O–H groups in total. The number of hydrogen-bond acceptors (Lipinski definition) is 4. The van der Waals surface area contributed by atoms with E-state index < -0.39 is 0 Å². The molecule has 1 aromatic carbocycles. The number of hydrogen-bond donors (Lipinski definition) is 1. The fourth-order valence-corrected chi connectivity index (χ4v) is 1.77. The number of aromatic nitrogens is 2. The Morgan fingerprint density at radius 2 is 1.95 bits per heavy atom. The minimum atomic E-state index is -0.144. The highest BCUT2D eigenvalue weighted by molar-refractivity contribution is 5.59. The van der Waals surface area contributed by atoms with Gasteiger partial charge in [0.15, 0.2) is 0 Å². The lowest BCUT2D eigenvalue weighted by Crippen LogP contribution is -2.31. The second kappa shape index (κ2) is 5.67. The molecule has 0 aliphatic carbocycles. The highest BCUT2D eigenvalue weighted by Crippen LogP contribution is 2.19. The lowest BCUT2D eigenvalue weighted by molar-refractivity contribution is 0.415. The molecule has 0 unspecified atom stereocenters. The van der Waals surface area contributed by atoms with Gasteiger partial charge in [0.2, 0.25) is 0 Å². The van der Waals surface area contributed by atoms with Crippen molar-refractivity contribution in [3.05, 3.63) is 46.8 Å². The third-order valence-electron chi connectivity index (χ3n) is 2.71. The van der Waals surface area contributed by atoms with Gasteiger partial charge in [-0.1, -0.05) is 0 Å². The van der Waals surface area contributed by atoms with Crippen LogP contribution in [-0.4, -0.2) is 22.9 Å². The molecular weight excluding hydrogens is 242 g/mol. The molecular formula is C14H17N3O2. The Hall–Kier alpha value is -2.14. The van der Waals surface area contributed by atoms with Crippen molar-refractivity contribution >= 4 is 0 Å². The summed E-state index contributed by atoms with van der Waals surface area (Å²) >= 11 is 0. The predicted molar refractivity (Wildman–Crippen MR) is 74.1 cm³/mol. The third-order valence-corrected chi connectivity index (χ3v) is 2.71. The van der Waals surface area contributed by atoms with Gasteiger partial charge in [-0.3, -0.25) is 4.79 Å². The van der Waals surface area contributed by atoms with E-state index in [-0.39, 0.29) is 11.6 Å². The highest BCUT2D eigenvalue weighted by Gasteiger charge is 2.05. The standard InChI is InChI=1S/C14H17N3O2/c1-10(15)9-17-14(18)8-7-13(16-17)11-3-5-12(19-2)6-4-11/h3-8,10H,9,15H2,1-2H3/t10-/m1/s1. The van der Waals surface area contributed by atoms with Crippen LogP contribution in [0.25, 0.3) is 11.3 Å². The number of methoxy groups -OCH3 is 1. The summed E-state index contributed by atoms with van der Waals surface area (Å²) in [5.41, 5.74) is 7.23. The Morgan fingerprint density at radius 3 is 2.53 bits per heavy atom. The SMILES string of the molecule is COc1ccc(-c2ccc(=O)n(C[C@@H](C)N)n2)cc1.